The number of Topliss-reactive ketones (excluding diaryl/α,β-unsaturated/α-hetero) is 1. The average Bonchev–Trinajstić information content (AvgIpc) is 2.79. The largest absolute Gasteiger partial charge is 0.416 e. The second kappa shape index (κ2) is 9.12. The molecule has 2 heterocycles. The molecule has 1 aliphatic heterocycles. The van der Waals surface area contributed by atoms with Crippen molar-refractivity contribution in [3.8, 4) is 11.1 Å². The normalized spacial score (nSPS) is 14.4. The van der Waals surface area contributed by atoms with E-state index in [1.54, 1.807) is 18.3 Å². The van der Waals surface area contributed by atoms with Gasteiger partial charge in [0.1, 0.15) is 5.82 Å². The topological polar surface area (TPSA) is 42.4 Å². The number of pyridine rings is 1. The highest BCUT2D eigenvalue weighted by atomic mass is 19.4. The number of morpholine rings is 1. The Morgan fingerprint density at radius 1 is 1.06 bits per heavy atom. The third kappa shape index (κ3) is 4.99. The second-order valence-corrected chi connectivity index (χ2v) is 7.83. The second-order valence-electron chi connectivity index (χ2n) is 7.83. The van der Waals surface area contributed by atoms with E-state index in [0.717, 1.165) is 47.7 Å². The fourth-order valence-corrected chi connectivity index (χ4v) is 3.80. The maximum absolute atomic E-state index is 13.0. The van der Waals surface area contributed by atoms with Crippen molar-refractivity contribution in [2.45, 2.75) is 19.5 Å². The van der Waals surface area contributed by atoms with Crippen LogP contribution in [0.5, 0.6) is 0 Å². The number of carbonyl (C=O) groups is 1. The van der Waals surface area contributed by atoms with Crippen LogP contribution in [0, 0.1) is 6.92 Å². The lowest BCUT2D eigenvalue weighted by Crippen LogP contribution is -2.36. The molecule has 0 atom stereocenters. The average molecular weight is 440 g/mol. The number of alkyl halides is 3. The van der Waals surface area contributed by atoms with E-state index in [0.29, 0.717) is 24.3 Å². The zero-order valence-electron chi connectivity index (χ0n) is 17.7. The van der Waals surface area contributed by atoms with Gasteiger partial charge in [-0.3, -0.25) is 4.79 Å². The van der Waals surface area contributed by atoms with Crippen molar-refractivity contribution < 1.29 is 22.7 Å². The summed E-state index contributed by atoms with van der Waals surface area (Å²) in [5.74, 6) is 0.624. The molecular formula is C25H23F3N2O2. The summed E-state index contributed by atoms with van der Waals surface area (Å²) in [6.07, 6.45) is -2.78. The number of hydrogen-bond donors (Lipinski definition) is 0. The molecule has 0 amide bonds. The summed E-state index contributed by atoms with van der Waals surface area (Å²) in [5, 5.41) is 0. The first-order chi connectivity index (χ1) is 15.3. The van der Waals surface area contributed by atoms with Crippen molar-refractivity contribution in [1.29, 1.82) is 0 Å². The van der Waals surface area contributed by atoms with Gasteiger partial charge in [-0.2, -0.15) is 13.2 Å². The zero-order valence-corrected chi connectivity index (χ0v) is 17.7. The first kappa shape index (κ1) is 22.0. The van der Waals surface area contributed by atoms with Gasteiger partial charge in [0, 0.05) is 31.3 Å². The minimum atomic E-state index is -4.43. The van der Waals surface area contributed by atoms with Crippen LogP contribution in [0.3, 0.4) is 0 Å². The predicted octanol–water partition coefficient (Wildman–Crippen LogP) is 5.34. The highest BCUT2D eigenvalue weighted by molar-refractivity contribution is 5.98. The number of aryl methyl sites for hydroxylation is 1. The van der Waals surface area contributed by atoms with Crippen molar-refractivity contribution in [2.24, 2.45) is 0 Å². The number of nitrogens with zero attached hydrogens (tertiary/aromatic N) is 2. The Hall–Kier alpha value is -3.19. The van der Waals surface area contributed by atoms with Crippen molar-refractivity contribution in [1.82, 2.24) is 4.98 Å². The van der Waals surface area contributed by atoms with E-state index in [2.05, 4.69) is 9.88 Å². The highest BCUT2D eigenvalue weighted by Gasteiger charge is 2.30. The Labute approximate surface area is 184 Å². The Morgan fingerprint density at radius 3 is 2.59 bits per heavy atom. The van der Waals surface area contributed by atoms with E-state index in [4.69, 9.17) is 4.74 Å². The summed E-state index contributed by atoms with van der Waals surface area (Å²) in [5.41, 5.74) is 2.89. The van der Waals surface area contributed by atoms with E-state index in [1.807, 2.05) is 31.2 Å². The van der Waals surface area contributed by atoms with Gasteiger partial charge in [-0.25, -0.2) is 4.98 Å². The van der Waals surface area contributed by atoms with Gasteiger partial charge in [-0.15, -0.1) is 0 Å². The van der Waals surface area contributed by atoms with Crippen LogP contribution >= 0.6 is 0 Å². The molecule has 0 bridgehead atoms. The van der Waals surface area contributed by atoms with Crippen LogP contribution in [0.15, 0.2) is 60.8 Å². The van der Waals surface area contributed by atoms with Crippen LogP contribution in [0.2, 0.25) is 0 Å². The summed E-state index contributed by atoms with van der Waals surface area (Å²) in [6, 6.07) is 14.2. The van der Waals surface area contributed by atoms with Gasteiger partial charge in [-0.1, -0.05) is 30.3 Å². The smallest absolute Gasteiger partial charge is 0.378 e. The summed E-state index contributed by atoms with van der Waals surface area (Å²) >= 11 is 0. The standard InChI is InChI=1S/C25H23F3N2O2/c1-17-5-6-20(23(31)14-18-3-2-4-21(13-18)25(26,27)28)15-22(17)19-7-8-29-24(16-19)30-9-11-32-12-10-30/h2-8,13,15-16H,9-12,14H2,1H3. The Balaban J connectivity index is 1.59. The van der Waals surface area contributed by atoms with Crippen LogP contribution in [0.4, 0.5) is 19.0 Å². The number of halogens is 3. The Kier molecular flexibility index (Phi) is 6.28. The number of ether oxygens (including phenoxy) is 1. The minimum absolute atomic E-state index is 0.0954. The van der Waals surface area contributed by atoms with Crippen molar-refractivity contribution in [2.75, 3.05) is 31.2 Å². The van der Waals surface area contributed by atoms with Gasteiger partial charge in [0.05, 0.1) is 18.8 Å². The van der Waals surface area contributed by atoms with Gasteiger partial charge in [0.2, 0.25) is 0 Å². The number of hydrogen-bond acceptors (Lipinski definition) is 4. The summed E-state index contributed by atoms with van der Waals surface area (Å²) < 4.78 is 44.3. The molecule has 0 aliphatic carbocycles. The number of aromatic nitrogens is 1. The Morgan fingerprint density at radius 2 is 1.84 bits per heavy atom. The maximum Gasteiger partial charge on any atom is 0.416 e. The van der Waals surface area contributed by atoms with E-state index in [-0.39, 0.29) is 12.2 Å². The lowest BCUT2D eigenvalue weighted by molar-refractivity contribution is -0.137. The molecule has 0 unspecified atom stereocenters. The molecule has 0 spiro atoms. The van der Waals surface area contributed by atoms with Crippen LogP contribution in [0.25, 0.3) is 11.1 Å². The fourth-order valence-electron chi connectivity index (χ4n) is 3.80. The number of carbonyl (C=O) groups excluding carboxylic acids is 1. The third-order valence-electron chi connectivity index (χ3n) is 5.57. The number of anilines is 1. The first-order valence-corrected chi connectivity index (χ1v) is 10.4. The van der Waals surface area contributed by atoms with Gasteiger partial charge in [-0.05, 0) is 53.4 Å². The number of ketones is 1. The summed E-state index contributed by atoms with van der Waals surface area (Å²) in [6.45, 7) is 4.82. The molecule has 1 aliphatic rings. The van der Waals surface area contributed by atoms with Crippen LogP contribution < -0.4 is 4.90 Å². The molecule has 7 heteroatoms. The molecule has 0 N–H and O–H groups in total. The lowest BCUT2D eigenvalue weighted by Gasteiger charge is -2.28. The van der Waals surface area contributed by atoms with Gasteiger partial charge < -0.3 is 9.64 Å². The van der Waals surface area contributed by atoms with E-state index < -0.39 is 11.7 Å². The van der Waals surface area contributed by atoms with E-state index >= 15 is 0 Å². The van der Waals surface area contributed by atoms with Crippen molar-refractivity contribution in [3.63, 3.8) is 0 Å². The van der Waals surface area contributed by atoms with Crippen LogP contribution in [0.1, 0.15) is 27.0 Å². The van der Waals surface area contributed by atoms with Crippen LogP contribution in [-0.2, 0) is 17.3 Å². The van der Waals surface area contributed by atoms with Gasteiger partial charge in [0.25, 0.3) is 0 Å². The molecule has 0 saturated carbocycles. The quantitative estimate of drug-likeness (QED) is 0.503. The third-order valence-corrected chi connectivity index (χ3v) is 5.57. The van der Waals surface area contributed by atoms with E-state index in [1.165, 1.54) is 6.07 Å². The van der Waals surface area contributed by atoms with E-state index in [9.17, 15) is 18.0 Å². The molecule has 1 aromatic heterocycles. The minimum Gasteiger partial charge on any atom is -0.378 e. The molecule has 1 fully saturated rings. The maximum atomic E-state index is 13.0. The predicted molar refractivity (Wildman–Crippen MR) is 117 cm³/mol. The molecule has 4 nitrogen and oxygen atoms in total. The molecule has 4 rings (SSSR count). The molecule has 3 aromatic rings. The summed E-state index contributed by atoms with van der Waals surface area (Å²) in [7, 11) is 0. The molecular weight excluding hydrogens is 417 g/mol. The number of benzene rings is 2. The van der Waals surface area contributed by atoms with Gasteiger partial charge >= 0.3 is 6.18 Å². The molecule has 32 heavy (non-hydrogen) atoms. The monoisotopic (exact) mass is 440 g/mol. The first-order valence-electron chi connectivity index (χ1n) is 10.4. The summed E-state index contributed by atoms with van der Waals surface area (Å²) in [4.78, 5) is 19.5. The molecule has 2 aromatic carbocycles. The zero-order chi connectivity index (χ0) is 22.7. The lowest BCUT2D eigenvalue weighted by atomic mass is 9.95. The highest BCUT2D eigenvalue weighted by Crippen LogP contribution is 2.30. The molecule has 1 saturated heterocycles. The van der Waals surface area contributed by atoms with Crippen LogP contribution in [-0.4, -0.2) is 37.1 Å². The molecule has 0 radical (unpaired) electrons. The van der Waals surface area contributed by atoms with Gasteiger partial charge in [0.15, 0.2) is 5.78 Å². The molecule has 166 valence electrons. The fraction of sp³-hybridized carbons (Fsp3) is 0.280. The Bertz CT molecular complexity index is 1120. The number of rotatable bonds is 5. The van der Waals surface area contributed by atoms with Crippen molar-refractivity contribution in [3.05, 3.63) is 83.0 Å². The van der Waals surface area contributed by atoms with Crippen molar-refractivity contribution >= 4 is 11.6 Å². The SMILES string of the molecule is Cc1ccc(C(=O)Cc2cccc(C(F)(F)F)c2)cc1-c1ccnc(N2CCOCC2)c1.